The van der Waals surface area contributed by atoms with Gasteiger partial charge in [-0.15, -0.1) is 0 Å². The smallest absolute Gasteiger partial charge is 0.334 e. The molecule has 1 unspecified atom stereocenters. The Morgan fingerprint density at radius 2 is 1.90 bits per heavy atom. The number of carbonyl (C=O) groups excluding carboxylic acids is 1. The molecule has 0 bridgehead atoms. The molecular weight excluding hydrogens is 256 g/mol. The lowest BCUT2D eigenvalue weighted by Crippen LogP contribution is -2.07. The van der Waals surface area contributed by atoms with Gasteiger partial charge in [-0.05, 0) is 19.4 Å². The first kappa shape index (κ1) is 16.2. The fourth-order valence-corrected chi connectivity index (χ4v) is 1.82. The Balaban J connectivity index is 2.80. The second-order valence-electron chi connectivity index (χ2n) is 4.41. The van der Waals surface area contributed by atoms with E-state index in [0.29, 0.717) is 18.8 Å². The van der Waals surface area contributed by atoms with Gasteiger partial charge in [-0.25, -0.2) is 4.79 Å². The summed E-state index contributed by atoms with van der Waals surface area (Å²) in [6.07, 6.45) is 1.69. The van der Waals surface area contributed by atoms with Crippen LogP contribution < -0.4 is 0 Å². The van der Waals surface area contributed by atoms with Crippen LogP contribution in [0, 0.1) is 6.92 Å². The van der Waals surface area contributed by atoms with E-state index in [9.17, 15) is 4.79 Å². The van der Waals surface area contributed by atoms with Gasteiger partial charge >= 0.3 is 5.97 Å². The van der Waals surface area contributed by atoms with Gasteiger partial charge in [0.15, 0.2) is 0 Å². The predicted molar refractivity (Wildman–Crippen MR) is 77.3 cm³/mol. The van der Waals surface area contributed by atoms with Gasteiger partial charge in [0.1, 0.15) is 5.76 Å². The van der Waals surface area contributed by atoms with Crippen LogP contribution in [0.5, 0.6) is 0 Å². The molecule has 0 spiro atoms. The fraction of sp³-hybridized carbons (Fsp3) is 0.438. The van der Waals surface area contributed by atoms with E-state index in [1.54, 1.807) is 14.0 Å². The molecule has 0 saturated heterocycles. The van der Waals surface area contributed by atoms with Crippen LogP contribution in [0.3, 0.4) is 0 Å². The van der Waals surface area contributed by atoms with Crippen LogP contribution in [0.2, 0.25) is 0 Å². The van der Waals surface area contributed by atoms with Crippen molar-refractivity contribution < 1.29 is 19.0 Å². The highest BCUT2D eigenvalue weighted by atomic mass is 16.5. The number of benzene rings is 1. The third-order valence-corrected chi connectivity index (χ3v) is 2.95. The van der Waals surface area contributed by atoms with E-state index in [4.69, 9.17) is 14.2 Å². The highest BCUT2D eigenvalue weighted by molar-refractivity contribution is 5.82. The van der Waals surface area contributed by atoms with Crippen molar-refractivity contribution in [1.29, 1.82) is 0 Å². The summed E-state index contributed by atoms with van der Waals surface area (Å²) in [5.74, 6) is 0.138. The van der Waals surface area contributed by atoms with Gasteiger partial charge in [0.05, 0.1) is 25.9 Å². The van der Waals surface area contributed by atoms with Crippen molar-refractivity contribution >= 4 is 5.97 Å². The van der Waals surface area contributed by atoms with Gasteiger partial charge in [0, 0.05) is 13.5 Å². The van der Waals surface area contributed by atoms with Gasteiger partial charge in [0.2, 0.25) is 0 Å². The molecule has 4 heteroatoms. The molecule has 0 aliphatic carbocycles. The van der Waals surface area contributed by atoms with Crippen LogP contribution in [0.4, 0.5) is 0 Å². The van der Waals surface area contributed by atoms with Gasteiger partial charge in [0.25, 0.3) is 0 Å². The van der Waals surface area contributed by atoms with Crippen LogP contribution in [-0.4, -0.2) is 26.8 Å². The highest BCUT2D eigenvalue weighted by Crippen LogP contribution is 2.25. The summed E-state index contributed by atoms with van der Waals surface area (Å²) in [5, 5.41) is 0. The molecule has 20 heavy (non-hydrogen) atoms. The molecule has 0 aliphatic rings. The van der Waals surface area contributed by atoms with Crippen molar-refractivity contribution in [2.24, 2.45) is 0 Å². The quantitative estimate of drug-likeness (QED) is 0.436. The largest absolute Gasteiger partial charge is 0.501 e. The van der Waals surface area contributed by atoms with E-state index >= 15 is 0 Å². The maximum absolute atomic E-state index is 11.4. The molecule has 110 valence electrons. The molecule has 1 rings (SSSR count). The van der Waals surface area contributed by atoms with E-state index in [1.807, 2.05) is 31.2 Å². The second kappa shape index (κ2) is 8.38. The van der Waals surface area contributed by atoms with Crippen molar-refractivity contribution in [3.05, 3.63) is 47.2 Å². The number of aryl methyl sites for hydroxylation is 1. The molecule has 1 atom stereocenters. The van der Waals surface area contributed by atoms with Crippen molar-refractivity contribution in [1.82, 2.24) is 0 Å². The van der Waals surface area contributed by atoms with Gasteiger partial charge < -0.3 is 14.2 Å². The lowest BCUT2D eigenvalue weighted by Gasteiger charge is -2.17. The zero-order valence-electron chi connectivity index (χ0n) is 12.5. The van der Waals surface area contributed by atoms with Crippen LogP contribution in [-0.2, 0) is 19.0 Å². The minimum Gasteiger partial charge on any atom is -0.501 e. The summed E-state index contributed by atoms with van der Waals surface area (Å²) in [4.78, 5) is 11.4. The predicted octanol–water partition coefficient (Wildman–Crippen LogP) is 3.17. The Bertz CT molecular complexity index is 448. The Morgan fingerprint density at radius 3 is 2.40 bits per heavy atom. The Morgan fingerprint density at radius 1 is 1.25 bits per heavy atom. The number of esters is 1. The summed E-state index contributed by atoms with van der Waals surface area (Å²) >= 11 is 0. The molecule has 1 aromatic rings. The normalized spacial score (nSPS) is 12.9. The Hall–Kier alpha value is -1.81. The zero-order valence-corrected chi connectivity index (χ0v) is 12.5. The maximum atomic E-state index is 11.4. The molecule has 0 heterocycles. The Labute approximate surface area is 120 Å². The summed E-state index contributed by atoms with van der Waals surface area (Å²) in [6, 6.07) is 8.09. The topological polar surface area (TPSA) is 44.8 Å². The summed E-state index contributed by atoms with van der Waals surface area (Å²) < 4.78 is 15.6. The molecule has 0 saturated carbocycles. The molecule has 0 N–H and O–H groups in total. The monoisotopic (exact) mass is 278 g/mol. The van der Waals surface area contributed by atoms with E-state index in [0.717, 1.165) is 5.56 Å². The number of rotatable bonds is 7. The van der Waals surface area contributed by atoms with E-state index in [2.05, 4.69) is 0 Å². The maximum Gasteiger partial charge on any atom is 0.334 e. The van der Waals surface area contributed by atoms with Crippen molar-refractivity contribution in [3.8, 4) is 0 Å². The molecule has 4 nitrogen and oxygen atoms in total. The second-order valence-corrected chi connectivity index (χ2v) is 4.41. The molecule has 0 aromatic heterocycles. The average Bonchev–Trinajstić information content (AvgIpc) is 2.44. The molecule has 0 radical (unpaired) electrons. The fourth-order valence-electron chi connectivity index (χ4n) is 1.82. The van der Waals surface area contributed by atoms with Gasteiger partial charge in [-0.2, -0.15) is 0 Å². The van der Waals surface area contributed by atoms with Crippen LogP contribution in [0.15, 0.2) is 36.1 Å². The molecule has 0 aliphatic heterocycles. The standard InChI is InChI=1S/C16H22O4/c1-5-20-16(17)11-14(18-3)10-15(19-4)13-8-6-12(2)7-9-13/h6-9,11,15H,5,10H2,1-4H3/b14-11-. The summed E-state index contributed by atoms with van der Waals surface area (Å²) in [6.45, 7) is 4.15. The number of carbonyl (C=O) groups is 1. The number of methoxy groups -OCH3 is 2. The zero-order chi connectivity index (χ0) is 15.0. The lowest BCUT2D eigenvalue weighted by atomic mass is 10.0. The summed E-state index contributed by atoms with van der Waals surface area (Å²) in [5.41, 5.74) is 2.24. The summed E-state index contributed by atoms with van der Waals surface area (Å²) in [7, 11) is 3.18. The highest BCUT2D eigenvalue weighted by Gasteiger charge is 2.14. The molecule has 0 fully saturated rings. The van der Waals surface area contributed by atoms with Crippen molar-refractivity contribution in [3.63, 3.8) is 0 Å². The first-order chi connectivity index (χ1) is 9.60. The number of ether oxygens (including phenoxy) is 3. The number of hydrogen-bond donors (Lipinski definition) is 0. The van der Waals surface area contributed by atoms with E-state index in [1.165, 1.54) is 18.7 Å². The van der Waals surface area contributed by atoms with Crippen LogP contribution in [0.1, 0.15) is 30.6 Å². The molecule has 0 amide bonds. The first-order valence-electron chi connectivity index (χ1n) is 6.61. The van der Waals surface area contributed by atoms with Crippen LogP contribution >= 0.6 is 0 Å². The third kappa shape index (κ3) is 5.05. The SMILES string of the molecule is CCOC(=O)/C=C(/CC(OC)c1ccc(C)cc1)OC. The number of hydrogen-bond acceptors (Lipinski definition) is 4. The minimum atomic E-state index is -0.400. The lowest BCUT2D eigenvalue weighted by molar-refractivity contribution is -0.137. The van der Waals surface area contributed by atoms with Crippen molar-refractivity contribution in [2.45, 2.75) is 26.4 Å². The van der Waals surface area contributed by atoms with Gasteiger partial charge in [-0.1, -0.05) is 29.8 Å². The first-order valence-corrected chi connectivity index (χ1v) is 6.61. The van der Waals surface area contributed by atoms with Crippen LogP contribution in [0.25, 0.3) is 0 Å². The average molecular weight is 278 g/mol. The van der Waals surface area contributed by atoms with E-state index < -0.39 is 5.97 Å². The molecule has 1 aromatic carbocycles. The Kier molecular flexibility index (Phi) is 6.81. The third-order valence-electron chi connectivity index (χ3n) is 2.95. The van der Waals surface area contributed by atoms with Crippen molar-refractivity contribution in [2.75, 3.05) is 20.8 Å². The minimum absolute atomic E-state index is 0.156. The molecular formula is C16H22O4. The van der Waals surface area contributed by atoms with E-state index in [-0.39, 0.29) is 6.10 Å². The van der Waals surface area contributed by atoms with Gasteiger partial charge in [-0.3, -0.25) is 0 Å².